The van der Waals surface area contributed by atoms with Crippen molar-refractivity contribution in [2.24, 2.45) is 0 Å². The van der Waals surface area contributed by atoms with Gasteiger partial charge in [-0.3, -0.25) is 0 Å². The van der Waals surface area contributed by atoms with Crippen LogP contribution in [0.15, 0.2) is 41.0 Å². The number of hydrogen-bond acceptors (Lipinski definition) is 3. The molecular formula is C14H16BrN3. The monoisotopic (exact) mass is 305 g/mol. The van der Waals surface area contributed by atoms with E-state index in [1.165, 1.54) is 5.56 Å². The summed E-state index contributed by atoms with van der Waals surface area (Å²) in [6, 6.07) is 10.3. The van der Waals surface area contributed by atoms with Crippen molar-refractivity contribution in [2.75, 3.05) is 11.1 Å². The molecule has 0 fully saturated rings. The summed E-state index contributed by atoms with van der Waals surface area (Å²) in [5.74, 6) is 0.800. The van der Waals surface area contributed by atoms with E-state index >= 15 is 0 Å². The van der Waals surface area contributed by atoms with Gasteiger partial charge in [0.25, 0.3) is 0 Å². The molecular weight excluding hydrogens is 290 g/mol. The van der Waals surface area contributed by atoms with E-state index < -0.39 is 0 Å². The van der Waals surface area contributed by atoms with Crippen molar-refractivity contribution < 1.29 is 0 Å². The standard InChI is InChI=1S/C14H16BrN3/c1-9-8-17-14(7-13(9)16)18-10(2)11-3-5-12(15)6-4-11/h3-8,10H,1-2H3,(H3,16,17,18). The number of rotatable bonds is 3. The molecule has 0 saturated carbocycles. The topological polar surface area (TPSA) is 50.9 Å². The molecule has 0 saturated heterocycles. The van der Waals surface area contributed by atoms with Crippen LogP contribution in [0.1, 0.15) is 24.1 Å². The van der Waals surface area contributed by atoms with E-state index in [0.717, 1.165) is 21.5 Å². The van der Waals surface area contributed by atoms with Gasteiger partial charge in [-0.1, -0.05) is 28.1 Å². The van der Waals surface area contributed by atoms with Gasteiger partial charge < -0.3 is 11.1 Å². The lowest BCUT2D eigenvalue weighted by Gasteiger charge is -2.15. The van der Waals surface area contributed by atoms with Gasteiger partial charge in [-0.15, -0.1) is 0 Å². The zero-order valence-corrected chi connectivity index (χ0v) is 12.0. The quantitative estimate of drug-likeness (QED) is 0.904. The molecule has 1 aromatic heterocycles. The molecule has 4 heteroatoms. The number of pyridine rings is 1. The van der Waals surface area contributed by atoms with Crippen LogP contribution >= 0.6 is 15.9 Å². The Bertz CT molecular complexity index is 537. The number of nitrogens with two attached hydrogens (primary N) is 1. The van der Waals surface area contributed by atoms with Crippen LogP contribution in [0.3, 0.4) is 0 Å². The Morgan fingerprint density at radius 3 is 2.56 bits per heavy atom. The van der Waals surface area contributed by atoms with Gasteiger partial charge in [0, 0.05) is 28.5 Å². The Hall–Kier alpha value is -1.55. The highest BCUT2D eigenvalue weighted by Gasteiger charge is 2.06. The summed E-state index contributed by atoms with van der Waals surface area (Å²) in [5.41, 5.74) is 8.83. The number of aromatic nitrogens is 1. The van der Waals surface area contributed by atoms with Crippen molar-refractivity contribution in [3.63, 3.8) is 0 Å². The van der Waals surface area contributed by atoms with Crippen LogP contribution in [0.2, 0.25) is 0 Å². The molecule has 0 aliphatic rings. The summed E-state index contributed by atoms with van der Waals surface area (Å²) in [4.78, 5) is 4.32. The molecule has 1 unspecified atom stereocenters. The minimum Gasteiger partial charge on any atom is -0.398 e. The fourth-order valence-electron chi connectivity index (χ4n) is 1.67. The molecule has 2 aromatic rings. The molecule has 2 rings (SSSR count). The number of benzene rings is 1. The Balaban J connectivity index is 2.13. The van der Waals surface area contributed by atoms with Crippen molar-refractivity contribution in [1.82, 2.24) is 4.98 Å². The van der Waals surface area contributed by atoms with Gasteiger partial charge in [-0.25, -0.2) is 4.98 Å². The fourth-order valence-corrected chi connectivity index (χ4v) is 1.94. The number of anilines is 2. The zero-order valence-electron chi connectivity index (χ0n) is 10.4. The van der Waals surface area contributed by atoms with Crippen LogP contribution in [-0.2, 0) is 0 Å². The van der Waals surface area contributed by atoms with Gasteiger partial charge in [0.05, 0.1) is 0 Å². The van der Waals surface area contributed by atoms with Gasteiger partial charge in [-0.2, -0.15) is 0 Å². The highest BCUT2D eigenvalue weighted by molar-refractivity contribution is 9.10. The first-order chi connectivity index (χ1) is 8.56. The minimum absolute atomic E-state index is 0.188. The van der Waals surface area contributed by atoms with Gasteiger partial charge in [0.2, 0.25) is 0 Å². The number of nitrogens with one attached hydrogen (secondary N) is 1. The molecule has 1 atom stereocenters. The van der Waals surface area contributed by atoms with Crippen molar-refractivity contribution in [3.05, 3.63) is 52.1 Å². The SMILES string of the molecule is Cc1cnc(NC(C)c2ccc(Br)cc2)cc1N. The maximum atomic E-state index is 5.87. The van der Waals surface area contributed by atoms with Crippen LogP contribution in [0.25, 0.3) is 0 Å². The van der Waals surface area contributed by atoms with E-state index in [4.69, 9.17) is 5.73 Å². The van der Waals surface area contributed by atoms with Gasteiger partial charge in [0.15, 0.2) is 0 Å². The van der Waals surface area contributed by atoms with E-state index in [1.54, 1.807) is 6.20 Å². The third-order valence-electron chi connectivity index (χ3n) is 2.88. The second-order valence-corrected chi connectivity index (χ2v) is 5.26. The zero-order chi connectivity index (χ0) is 13.1. The Labute approximate surface area is 116 Å². The largest absolute Gasteiger partial charge is 0.398 e. The molecule has 3 nitrogen and oxygen atoms in total. The summed E-state index contributed by atoms with van der Waals surface area (Å²) in [6.07, 6.45) is 1.78. The number of nitrogen functional groups attached to an aromatic ring is 1. The van der Waals surface area contributed by atoms with Gasteiger partial charge in [-0.05, 0) is 37.1 Å². The van der Waals surface area contributed by atoms with Crippen molar-refractivity contribution in [1.29, 1.82) is 0 Å². The Kier molecular flexibility index (Phi) is 3.87. The van der Waals surface area contributed by atoms with Crippen LogP contribution in [0, 0.1) is 6.92 Å². The normalized spacial score (nSPS) is 12.2. The van der Waals surface area contributed by atoms with Crippen molar-refractivity contribution in [3.8, 4) is 0 Å². The Morgan fingerprint density at radius 1 is 1.28 bits per heavy atom. The maximum absolute atomic E-state index is 5.87. The fraction of sp³-hybridized carbons (Fsp3) is 0.214. The van der Waals surface area contributed by atoms with Crippen LogP contribution < -0.4 is 11.1 Å². The number of aryl methyl sites for hydroxylation is 1. The third-order valence-corrected chi connectivity index (χ3v) is 3.41. The van der Waals surface area contributed by atoms with E-state index in [9.17, 15) is 0 Å². The van der Waals surface area contributed by atoms with Gasteiger partial charge >= 0.3 is 0 Å². The van der Waals surface area contributed by atoms with Crippen LogP contribution in [-0.4, -0.2) is 4.98 Å². The first-order valence-corrected chi connectivity index (χ1v) is 6.59. The predicted molar refractivity (Wildman–Crippen MR) is 79.6 cm³/mol. The lowest BCUT2D eigenvalue weighted by molar-refractivity contribution is 0.874. The van der Waals surface area contributed by atoms with Crippen molar-refractivity contribution >= 4 is 27.4 Å². The lowest BCUT2D eigenvalue weighted by atomic mass is 10.1. The third kappa shape index (κ3) is 3.01. The molecule has 0 spiro atoms. The molecule has 0 radical (unpaired) electrons. The maximum Gasteiger partial charge on any atom is 0.128 e. The molecule has 0 bridgehead atoms. The molecule has 94 valence electrons. The number of hydrogen-bond donors (Lipinski definition) is 2. The first kappa shape index (κ1) is 12.9. The molecule has 0 amide bonds. The first-order valence-electron chi connectivity index (χ1n) is 5.80. The number of nitrogens with zero attached hydrogens (tertiary/aromatic N) is 1. The lowest BCUT2D eigenvalue weighted by Crippen LogP contribution is -2.08. The van der Waals surface area contributed by atoms with E-state index in [-0.39, 0.29) is 6.04 Å². The van der Waals surface area contributed by atoms with E-state index in [2.05, 4.69) is 45.3 Å². The van der Waals surface area contributed by atoms with Gasteiger partial charge in [0.1, 0.15) is 5.82 Å². The van der Waals surface area contributed by atoms with E-state index in [1.807, 2.05) is 25.1 Å². The smallest absolute Gasteiger partial charge is 0.128 e. The molecule has 18 heavy (non-hydrogen) atoms. The average Bonchev–Trinajstić information content (AvgIpc) is 2.34. The number of halogens is 1. The second-order valence-electron chi connectivity index (χ2n) is 4.34. The summed E-state index contributed by atoms with van der Waals surface area (Å²) in [5, 5.41) is 3.34. The Morgan fingerprint density at radius 2 is 1.94 bits per heavy atom. The van der Waals surface area contributed by atoms with Crippen LogP contribution in [0.4, 0.5) is 11.5 Å². The van der Waals surface area contributed by atoms with Crippen molar-refractivity contribution in [2.45, 2.75) is 19.9 Å². The summed E-state index contributed by atoms with van der Waals surface area (Å²) in [7, 11) is 0. The average molecular weight is 306 g/mol. The second kappa shape index (κ2) is 5.40. The highest BCUT2D eigenvalue weighted by Crippen LogP contribution is 2.21. The molecule has 3 N–H and O–H groups in total. The van der Waals surface area contributed by atoms with Crippen LogP contribution in [0.5, 0.6) is 0 Å². The molecule has 1 heterocycles. The summed E-state index contributed by atoms with van der Waals surface area (Å²) < 4.78 is 1.08. The molecule has 0 aliphatic carbocycles. The minimum atomic E-state index is 0.188. The summed E-state index contributed by atoms with van der Waals surface area (Å²) >= 11 is 3.43. The molecule has 1 aromatic carbocycles. The molecule has 0 aliphatic heterocycles. The highest BCUT2D eigenvalue weighted by atomic mass is 79.9. The summed E-state index contributed by atoms with van der Waals surface area (Å²) in [6.45, 7) is 4.05. The van der Waals surface area contributed by atoms with E-state index in [0.29, 0.717) is 0 Å². The predicted octanol–water partition coefficient (Wildman–Crippen LogP) is 3.91.